The van der Waals surface area contributed by atoms with Crippen LogP contribution in [0.25, 0.3) is 0 Å². The second-order valence-electron chi connectivity index (χ2n) is 14.3. The zero-order valence-electron chi connectivity index (χ0n) is 36.2. The molecule has 0 fully saturated rings. The first-order chi connectivity index (χ1) is 29.4. The van der Waals surface area contributed by atoms with Gasteiger partial charge in [0, 0.05) is 6.61 Å². The molecule has 59 heavy (non-hydrogen) atoms. The SMILES string of the molecule is CCCCCCCCCCCCOCCOCCOCCOCCOCCOCCOCCOCCOCCOC(c1ccccc1)(c1ccccc1)c1ccccc1. The number of rotatable bonds is 42. The van der Waals surface area contributed by atoms with Crippen LogP contribution in [0.5, 0.6) is 0 Å². The summed E-state index contributed by atoms with van der Waals surface area (Å²) in [7, 11) is 0. The number of hydrogen-bond acceptors (Lipinski definition) is 10. The van der Waals surface area contributed by atoms with Crippen LogP contribution >= 0.6 is 0 Å². The van der Waals surface area contributed by atoms with Crippen LogP contribution in [0.3, 0.4) is 0 Å². The molecule has 10 heteroatoms. The van der Waals surface area contributed by atoms with E-state index in [0.29, 0.717) is 119 Å². The van der Waals surface area contributed by atoms with E-state index in [2.05, 4.69) is 43.3 Å². The van der Waals surface area contributed by atoms with E-state index in [-0.39, 0.29) is 0 Å². The smallest absolute Gasteiger partial charge is 0.143 e. The molecule has 0 saturated heterocycles. The molecule has 3 rings (SSSR count). The quantitative estimate of drug-likeness (QED) is 0.0407. The topological polar surface area (TPSA) is 92.3 Å². The van der Waals surface area contributed by atoms with Crippen LogP contribution in [0, 0.1) is 0 Å². The van der Waals surface area contributed by atoms with E-state index in [0.717, 1.165) is 29.7 Å². The average Bonchev–Trinajstić information content (AvgIpc) is 3.28. The number of benzene rings is 3. The summed E-state index contributed by atoms with van der Waals surface area (Å²) >= 11 is 0. The zero-order valence-corrected chi connectivity index (χ0v) is 36.2. The molecule has 3 aromatic carbocycles. The van der Waals surface area contributed by atoms with E-state index in [1.165, 1.54) is 57.8 Å². The van der Waals surface area contributed by atoms with Crippen molar-refractivity contribution >= 4 is 0 Å². The van der Waals surface area contributed by atoms with Gasteiger partial charge in [-0.05, 0) is 23.1 Å². The van der Waals surface area contributed by atoms with Crippen molar-refractivity contribution in [1.29, 1.82) is 0 Å². The van der Waals surface area contributed by atoms with Crippen LogP contribution in [0.1, 0.15) is 87.8 Å². The van der Waals surface area contributed by atoms with Gasteiger partial charge in [-0.15, -0.1) is 0 Å². The molecular formula is C49H76O10. The molecule has 0 bridgehead atoms. The molecule has 0 aliphatic rings. The highest BCUT2D eigenvalue weighted by atomic mass is 16.6. The second kappa shape index (κ2) is 37.1. The predicted molar refractivity (Wildman–Crippen MR) is 234 cm³/mol. The zero-order chi connectivity index (χ0) is 41.4. The first kappa shape index (κ1) is 50.6. The highest BCUT2D eigenvalue weighted by Crippen LogP contribution is 2.40. The maximum Gasteiger partial charge on any atom is 0.143 e. The molecular weight excluding hydrogens is 749 g/mol. The summed E-state index contributed by atoms with van der Waals surface area (Å²) in [6, 6.07) is 31.1. The van der Waals surface area contributed by atoms with Crippen molar-refractivity contribution in [3.05, 3.63) is 108 Å². The third kappa shape index (κ3) is 24.3. The molecule has 0 radical (unpaired) electrons. The van der Waals surface area contributed by atoms with E-state index in [9.17, 15) is 0 Å². The van der Waals surface area contributed by atoms with Gasteiger partial charge in [0.15, 0.2) is 0 Å². The van der Waals surface area contributed by atoms with Gasteiger partial charge in [-0.2, -0.15) is 0 Å². The lowest BCUT2D eigenvalue weighted by atomic mass is 9.80. The molecule has 3 aromatic rings. The molecule has 0 aromatic heterocycles. The molecule has 332 valence electrons. The molecule has 0 aliphatic heterocycles. The fraction of sp³-hybridized carbons (Fsp3) is 0.633. The average molecular weight is 825 g/mol. The Bertz CT molecular complexity index is 1200. The fourth-order valence-electron chi connectivity index (χ4n) is 6.58. The normalized spacial score (nSPS) is 11.7. The first-order valence-corrected chi connectivity index (χ1v) is 22.4. The summed E-state index contributed by atoms with van der Waals surface area (Å²) in [4.78, 5) is 0. The minimum atomic E-state index is -0.748. The van der Waals surface area contributed by atoms with Crippen LogP contribution in [0.4, 0.5) is 0 Å². The first-order valence-electron chi connectivity index (χ1n) is 22.4. The Morgan fingerprint density at radius 1 is 0.271 bits per heavy atom. The van der Waals surface area contributed by atoms with Crippen LogP contribution in [-0.4, -0.2) is 126 Å². The van der Waals surface area contributed by atoms with E-state index in [4.69, 9.17) is 47.4 Å². The summed E-state index contributed by atoms with van der Waals surface area (Å²) in [5.41, 5.74) is 2.47. The van der Waals surface area contributed by atoms with Gasteiger partial charge in [-0.25, -0.2) is 0 Å². The highest BCUT2D eigenvalue weighted by Gasteiger charge is 2.37. The summed E-state index contributed by atoms with van der Waals surface area (Å²) in [6.45, 7) is 12.5. The Hall–Kier alpha value is -2.74. The standard InChI is InChI=1S/C49H76O10/c1-2-3-4-5-6-7-8-9-10-20-27-50-28-29-51-30-31-52-32-33-53-34-35-54-36-37-55-38-39-56-40-41-57-42-43-58-44-45-59-49(46-21-14-11-15-22-46,47-23-16-12-17-24-47)48-25-18-13-19-26-48/h11-19,21-26H,2-10,20,27-45H2,1H3. The molecule has 0 saturated carbocycles. The number of hydrogen-bond donors (Lipinski definition) is 0. The predicted octanol–water partition coefficient (Wildman–Crippen LogP) is 9.07. The molecule has 0 unspecified atom stereocenters. The van der Waals surface area contributed by atoms with E-state index >= 15 is 0 Å². The lowest BCUT2D eigenvalue weighted by Gasteiger charge is -2.36. The van der Waals surface area contributed by atoms with Gasteiger partial charge in [-0.3, -0.25) is 0 Å². The van der Waals surface area contributed by atoms with Crippen molar-refractivity contribution < 1.29 is 47.4 Å². The Morgan fingerprint density at radius 2 is 0.508 bits per heavy atom. The molecule has 0 spiro atoms. The van der Waals surface area contributed by atoms with Crippen molar-refractivity contribution in [2.24, 2.45) is 0 Å². The van der Waals surface area contributed by atoms with Crippen molar-refractivity contribution in [3.8, 4) is 0 Å². The van der Waals surface area contributed by atoms with Crippen molar-refractivity contribution in [2.75, 3.05) is 126 Å². The Morgan fingerprint density at radius 3 is 0.797 bits per heavy atom. The Labute approximate surface area is 356 Å². The summed E-state index contributed by atoms with van der Waals surface area (Å²) in [5, 5.41) is 0. The monoisotopic (exact) mass is 825 g/mol. The lowest BCUT2D eigenvalue weighted by Crippen LogP contribution is -2.34. The van der Waals surface area contributed by atoms with Gasteiger partial charge in [0.1, 0.15) is 5.60 Å². The minimum absolute atomic E-state index is 0.420. The fourth-order valence-corrected chi connectivity index (χ4v) is 6.58. The summed E-state index contributed by atoms with van der Waals surface area (Å²) < 4.78 is 57.4. The van der Waals surface area contributed by atoms with Gasteiger partial charge < -0.3 is 47.4 Å². The van der Waals surface area contributed by atoms with Crippen molar-refractivity contribution in [3.63, 3.8) is 0 Å². The molecule has 0 heterocycles. The maximum atomic E-state index is 6.74. The van der Waals surface area contributed by atoms with Gasteiger partial charge in [0.25, 0.3) is 0 Å². The van der Waals surface area contributed by atoms with Crippen molar-refractivity contribution in [2.45, 2.75) is 76.7 Å². The lowest BCUT2D eigenvalue weighted by molar-refractivity contribution is -0.0399. The highest BCUT2D eigenvalue weighted by molar-refractivity contribution is 5.47. The minimum Gasteiger partial charge on any atom is -0.379 e. The maximum absolute atomic E-state index is 6.74. The van der Waals surface area contributed by atoms with Crippen LogP contribution in [-0.2, 0) is 53.0 Å². The molecule has 0 amide bonds. The van der Waals surface area contributed by atoms with Gasteiger partial charge in [-0.1, -0.05) is 156 Å². The molecule has 0 atom stereocenters. The van der Waals surface area contributed by atoms with Gasteiger partial charge >= 0.3 is 0 Å². The third-order valence-electron chi connectivity index (χ3n) is 9.71. The second-order valence-corrected chi connectivity index (χ2v) is 14.3. The molecule has 0 N–H and O–H groups in total. The number of ether oxygens (including phenoxy) is 10. The molecule has 10 nitrogen and oxygen atoms in total. The number of unbranched alkanes of at least 4 members (excludes halogenated alkanes) is 9. The Balaban J connectivity index is 1.02. The largest absolute Gasteiger partial charge is 0.379 e. The van der Waals surface area contributed by atoms with E-state index in [1.807, 2.05) is 54.6 Å². The van der Waals surface area contributed by atoms with Crippen LogP contribution < -0.4 is 0 Å². The van der Waals surface area contributed by atoms with Gasteiger partial charge in [0.2, 0.25) is 0 Å². The summed E-state index contributed by atoms with van der Waals surface area (Å²) in [6.07, 6.45) is 13.4. The summed E-state index contributed by atoms with van der Waals surface area (Å²) in [5.74, 6) is 0. The van der Waals surface area contributed by atoms with Crippen LogP contribution in [0.15, 0.2) is 91.0 Å². The van der Waals surface area contributed by atoms with Crippen LogP contribution in [0.2, 0.25) is 0 Å². The van der Waals surface area contributed by atoms with Gasteiger partial charge in [0.05, 0.1) is 119 Å². The van der Waals surface area contributed by atoms with Crippen molar-refractivity contribution in [1.82, 2.24) is 0 Å². The third-order valence-corrected chi connectivity index (χ3v) is 9.71. The van der Waals surface area contributed by atoms with E-state index in [1.54, 1.807) is 0 Å². The Kier molecular flexibility index (Phi) is 31.8. The van der Waals surface area contributed by atoms with E-state index < -0.39 is 5.60 Å². The molecule has 0 aliphatic carbocycles.